The summed E-state index contributed by atoms with van der Waals surface area (Å²) in [6.45, 7) is 0. The van der Waals surface area contributed by atoms with E-state index in [0.29, 0.717) is 0 Å². The van der Waals surface area contributed by atoms with Crippen molar-refractivity contribution in [1.29, 1.82) is 0 Å². The highest BCUT2D eigenvalue weighted by atomic mass is 35.5. The van der Waals surface area contributed by atoms with Crippen LogP contribution < -0.4 is 0 Å². The third-order valence-electron chi connectivity index (χ3n) is 2.38. The van der Waals surface area contributed by atoms with Gasteiger partial charge in [0.25, 0.3) is 0 Å². The largest absolute Gasteiger partial charge is 0.287 e. The van der Waals surface area contributed by atoms with Crippen LogP contribution in [0.15, 0.2) is 29.5 Å². The Morgan fingerprint density at radius 1 is 1.38 bits per heavy atom. The molecule has 0 bridgehead atoms. The molecule has 2 heterocycles. The highest BCUT2D eigenvalue weighted by Gasteiger charge is 2.35. The van der Waals surface area contributed by atoms with Crippen LogP contribution in [0.2, 0.25) is 0 Å². The molecule has 0 aliphatic carbocycles. The van der Waals surface area contributed by atoms with Crippen LogP contribution in [0.5, 0.6) is 0 Å². The lowest BCUT2D eigenvalue weighted by Crippen LogP contribution is -2.16. The van der Waals surface area contributed by atoms with Gasteiger partial charge in [0.15, 0.2) is 9.84 Å². The van der Waals surface area contributed by atoms with E-state index in [1.54, 1.807) is 30.7 Å². The molecule has 0 aromatic carbocycles. The summed E-state index contributed by atoms with van der Waals surface area (Å²) in [4.78, 5) is 8.09. The summed E-state index contributed by atoms with van der Waals surface area (Å²) in [6, 6.07) is 3.27. The number of pyridine rings is 1. The van der Waals surface area contributed by atoms with Gasteiger partial charge in [-0.3, -0.25) is 9.98 Å². The molecule has 2 rings (SSSR count). The standard InChI is InChI=1S/C10H11ClN2O2S/c11-9-6-16(14,15)7-10(9)13-5-8-1-3-12-4-2-8/h1-5,9-10H,6-7H2/t9-,10+/m0/s1. The Hall–Kier alpha value is -0.940. The minimum Gasteiger partial charge on any atom is -0.287 e. The van der Waals surface area contributed by atoms with Crippen LogP contribution in [0.25, 0.3) is 0 Å². The molecule has 1 aromatic rings. The lowest BCUT2D eigenvalue weighted by atomic mass is 10.2. The molecule has 1 fully saturated rings. The first-order valence-corrected chi connectivity index (χ1v) is 7.10. The summed E-state index contributed by atoms with van der Waals surface area (Å²) in [7, 11) is -3.01. The monoisotopic (exact) mass is 258 g/mol. The average Bonchev–Trinajstić information content (AvgIpc) is 2.50. The van der Waals surface area contributed by atoms with Gasteiger partial charge in [-0.15, -0.1) is 11.6 Å². The van der Waals surface area contributed by atoms with Gasteiger partial charge < -0.3 is 0 Å². The predicted octanol–water partition coefficient (Wildman–Crippen LogP) is 0.905. The molecular weight excluding hydrogens is 248 g/mol. The van der Waals surface area contributed by atoms with Crippen molar-refractivity contribution < 1.29 is 8.42 Å². The number of alkyl halides is 1. The highest BCUT2D eigenvalue weighted by Crippen LogP contribution is 2.20. The van der Waals surface area contributed by atoms with Crippen molar-refractivity contribution >= 4 is 27.7 Å². The van der Waals surface area contributed by atoms with Gasteiger partial charge in [-0.2, -0.15) is 0 Å². The number of nitrogens with zero attached hydrogens (tertiary/aromatic N) is 2. The van der Waals surface area contributed by atoms with Gasteiger partial charge in [0.1, 0.15) is 0 Å². The van der Waals surface area contributed by atoms with Crippen LogP contribution >= 0.6 is 11.6 Å². The second-order valence-electron chi connectivity index (χ2n) is 3.72. The van der Waals surface area contributed by atoms with Gasteiger partial charge in [0.05, 0.1) is 22.9 Å². The van der Waals surface area contributed by atoms with Crippen LogP contribution in [-0.4, -0.2) is 42.5 Å². The van der Waals surface area contributed by atoms with E-state index in [-0.39, 0.29) is 17.5 Å². The molecule has 1 saturated heterocycles. The van der Waals surface area contributed by atoms with E-state index in [9.17, 15) is 8.42 Å². The number of sulfone groups is 1. The molecule has 1 aliphatic rings. The fraction of sp³-hybridized carbons (Fsp3) is 0.400. The van der Waals surface area contributed by atoms with Crippen molar-refractivity contribution in [3.05, 3.63) is 30.1 Å². The van der Waals surface area contributed by atoms with Crippen molar-refractivity contribution in [3.63, 3.8) is 0 Å². The Labute approximate surface area is 99.3 Å². The maximum absolute atomic E-state index is 11.3. The van der Waals surface area contributed by atoms with Crippen molar-refractivity contribution in [3.8, 4) is 0 Å². The summed E-state index contributed by atoms with van der Waals surface area (Å²) < 4.78 is 22.6. The molecule has 86 valence electrons. The average molecular weight is 259 g/mol. The van der Waals surface area contributed by atoms with Gasteiger partial charge in [-0.25, -0.2) is 8.42 Å². The number of aromatic nitrogens is 1. The summed E-state index contributed by atoms with van der Waals surface area (Å²) >= 11 is 5.92. The maximum atomic E-state index is 11.3. The molecular formula is C10H11ClN2O2S. The number of rotatable bonds is 2. The van der Waals surface area contributed by atoms with Crippen molar-refractivity contribution in [1.82, 2.24) is 4.98 Å². The summed E-state index contributed by atoms with van der Waals surface area (Å²) in [5, 5.41) is -0.414. The van der Waals surface area contributed by atoms with Crippen molar-refractivity contribution in [2.75, 3.05) is 11.5 Å². The molecule has 1 aliphatic heterocycles. The van der Waals surface area contributed by atoms with Crippen LogP contribution in [0.3, 0.4) is 0 Å². The maximum Gasteiger partial charge on any atom is 0.153 e. The van der Waals surface area contributed by atoms with Gasteiger partial charge in [-0.1, -0.05) is 0 Å². The molecule has 0 spiro atoms. The normalized spacial score (nSPS) is 28.6. The number of halogens is 1. The predicted molar refractivity (Wildman–Crippen MR) is 63.9 cm³/mol. The second kappa shape index (κ2) is 4.51. The summed E-state index contributed by atoms with van der Waals surface area (Å²) in [5.41, 5.74) is 0.892. The van der Waals surface area contributed by atoms with Gasteiger partial charge in [-0.05, 0) is 17.7 Å². The minimum absolute atomic E-state index is 0.0207. The fourth-order valence-corrected chi connectivity index (χ4v) is 4.07. The lowest BCUT2D eigenvalue weighted by molar-refractivity contribution is 0.601. The molecule has 0 radical (unpaired) electrons. The van der Waals surface area contributed by atoms with Crippen LogP contribution in [-0.2, 0) is 9.84 Å². The minimum atomic E-state index is -3.01. The first-order chi connectivity index (χ1) is 7.57. The Kier molecular flexibility index (Phi) is 3.25. The van der Waals surface area contributed by atoms with Crippen LogP contribution in [0.4, 0.5) is 0 Å². The zero-order valence-electron chi connectivity index (χ0n) is 8.45. The van der Waals surface area contributed by atoms with E-state index in [0.717, 1.165) is 5.56 Å². The highest BCUT2D eigenvalue weighted by molar-refractivity contribution is 7.91. The Bertz CT molecular complexity index is 487. The smallest absolute Gasteiger partial charge is 0.153 e. The molecule has 0 unspecified atom stereocenters. The lowest BCUT2D eigenvalue weighted by Gasteiger charge is -2.04. The van der Waals surface area contributed by atoms with Crippen LogP contribution in [0, 0.1) is 0 Å². The van der Waals surface area contributed by atoms with Gasteiger partial charge >= 0.3 is 0 Å². The third-order valence-corrected chi connectivity index (χ3v) is 4.72. The van der Waals surface area contributed by atoms with E-state index in [1.807, 2.05) is 0 Å². The number of aliphatic imine (C=N–C) groups is 1. The van der Waals surface area contributed by atoms with Crippen LogP contribution in [0.1, 0.15) is 5.56 Å². The molecule has 0 amide bonds. The molecule has 2 atom stereocenters. The molecule has 6 heteroatoms. The number of hydrogen-bond acceptors (Lipinski definition) is 4. The van der Waals surface area contributed by atoms with E-state index < -0.39 is 15.2 Å². The number of hydrogen-bond donors (Lipinski definition) is 0. The fourth-order valence-electron chi connectivity index (χ4n) is 1.55. The van der Waals surface area contributed by atoms with E-state index in [1.165, 1.54) is 0 Å². The molecule has 16 heavy (non-hydrogen) atoms. The molecule has 0 N–H and O–H groups in total. The van der Waals surface area contributed by atoms with Crippen molar-refractivity contribution in [2.45, 2.75) is 11.4 Å². The second-order valence-corrected chi connectivity index (χ2v) is 6.43. The van der Waals surface area contributed by atoms with Gasteiger partial charge in [0, 0.05) is 18.6 Å². The first-order valence-electron chi connectivity index (χ1n) is 4.84. The zero-order chi connectivity index (χ0) is 11.6. The van der Waals surface area contributed by atoms with E-state index in [4.69, 9.17) is 11.6 Å². The zero-order valence-corrected chi connectivity index (χ0v) is 10.0. The van der Waals surface area contributed by atoms with Gasteiger partial charge in [0.2, 0.25) is 0 Å². The summed E-state index contributed by atoms with van der Waals surface area (Å²) in [5.74, 6) is 0.0651. The Morgan fingerprint density at radius 2 is 2.06 bits per heavy atom. The topological polar surface area (TPSA) is 59.4 Å². The quantitative estimate of drug-likeness (QED) is 0.585. The Balaban J connectivity index is 2.09. The summed E-state index contributed by atoms with van der Waals surface area (Å²) in [6.07, 6.45) is 4.96. The van der Waals surface area contributed by atoms with E-state index in [2.05, 4.69) is 9.98 Å². The molecule has 0 saturated carbocycles. The SMILES string of the molecule is O=S1(=O)C[C@H](Cl)[C@H](N=Cc2ccncc2)C1. The van der Waals surface area contributed by atoms with E-state index >= 15 is 0 Å². The first kappa shape index (κ1) is 11.5. The third kappa shape index (κ3) is 2.80. The molecule has 1 aromatic heterocycles. The molecule has 4 nitrogen and oxygen atoms in total. The Morgan fingerprint density at radius 3 is 2.62 bits per heavy atom. The van der Waals surface area contributed by atoms with Crippen molar-refractivity contribution in [2.24, 2.45) is 4.99 Å².